The van der Waals surface area contributed by atoms with Gasteiger partial charge in [0, 0.05) is 18.7 Å². The summed E-state index contributed by atoms with van der Waals surface area (Å²) in [6.45, 7) is 1.72. The number of aryl methyl sites for hydroxylation is 1. The molecule has 1 amide bonds. The largest absolute Gasteiger partial charge is 0.381 e. The third kappa shape index (κ3) is 4.03. The van der Waals surface area contributed by atoms with Crippen molar-refractivity contribution in [2.45, 2.75) is 43.2 Å². The minimum absolute atomic E-state index is 0.0474. The number of amides is 1. The first kappa shape index (κ1) is 15.9. The molecule has 0 bridgehead atoms. The first-order chi connectivity index (χ1) is 9.79. The molecule has 1 aliphatic rings. The second-order valence-electron chi connectivity index (χ2n) is 5.42. The van der Waals surface area contributed by atoms with Crippen LogP contribution in [0, 0.1) is 6.92 Å². The molecule has 0 saturated heterocycles. The lowest BCUT2D eigenvalue weighted by Gasteiger charge is -2.14. The van der Waals surface area contributed by atoms with Crippen molar-refractivity contribution < 1.29 is 17.9 Å². The van der Waals surface area contributed by atoms with Crippen LogP contribution in [-0.4, -0.2) is 33.6 Å². The molecule has 21 heavy (non-hydrogen) atoms. The normalized spacial score (nSPS) is 22.2. The van der Waals surface area contributed by atoms with E-state index in [1.54, 1.807) is 20.1 Å². The Morgan fingerprint density at radius 1 is 1.33 bits per heavy atom. The van der Waals surface area contributed by atoms with Gasteiger partial charge in [0.15, 0.2) is 0 Å². The Morgan fingerprint density at radius 3 is 2.62 bits per heavy atom. The van der Waals surface area contributed by atoms with Gasteiger partial charge in [0.25, 0.3) is 5.91 Å². The fourth-order valence-corrected chi connectivity index (χ4v) is 3.24. The average Bonchev–Trinajstić information content (AvgIpc) is 2.84. The Hall–Kier alpha value is -1.44. The summed E-state index contributed by atoms with van der Waals surface area (Å²) >= 11 is 0. The highest BCUT2D eigenvalue weighted by Crippen LogP contribution is 2.22. The summed E-state index contributed by atoms with van der Waals surface area (Å²) < 4.78 is 28.1. The maximum atomic E-state index is 12.2. The molecule has 1 saturated carbocycles. The summed E-state index contributed by atoms with van der Waals surface area (Å²) in [7, 11) is -2.16. The van der Waals surface area contributed by atoms with E-state index >= 15 is 0 Å². The SMILES string of the molecule is COC1CCC(NC(=O)c2cc(C)cc(S(N)(=O)=O)c2)C1. The molecule has 7 heteroatoms. The third-order valence-corrected chi connectivity index (χ3v) is 4.59. The minimum Gasteiger partial charge on any atom is -0.381 e. The molecule has 0 radical (unpaired) electrons. The summed E-state index contributed by atoms with van der Waals surface area (Å²) in [5.74, 6) is -0.287. The van der Waals surface area contributed by atoms with Gasteiger partial charge in [0.2, 0.25) is 10.0 Å². The van der Waals surface area contributed by atoms with Crippen LogP contribution in [0.25, 0.3) is 0 Å². The van der Waals surface area contributed by atoms with E-state index in [2.05, 4.69) is 5.32 Å². The lowest BCUT2D eigenvalue weighted by atomic mass is 10.1. The molecule has 2 atom stereocenters. The van der Waals surface area contributed by atoms with Gasteiger partial charge in [-0.25, -0.2) is 13.6 Å². The van der Waals surface area contributed by atoms with E-state index in [0.717, 1.165) is 19.3 Å². The van der Waals surface area contributed by atoms with E-state index in [0.29, 0.717) is 11.1 Å². The lowest BCUT2D eigenvalue weighted by Crippen LogP contribution is -2.33. The Labute approximate surface area is 124 Å². The number of benzene rings is 1. The first-order valence-corrected chi connectivity index (χ1v) is 8.32. The molecular formula is C14H20N2O4S. The number of nitrogens with one attached hydrogen (secondary N) is 1. The van der Waals surface area contributed by atoms with Crippen molar-refractivity contribution in [1.82, 2.24) is 5.32 Å². The fourth-order valence-electron chi connectivity index (χ4n) is 2.60. The Balaban J connectivity index is 2.15. The van der Waals surface area contributed by atoms with Gasteiger partial charge in [0.05, 0.1) is 11.0 Å². The summed E-state index contributed by atoms with van der Waals surface area (Å²) in [6.07, 6.45) is 2.72. The van der Waals surface area contributed by atoms with Crippen molar-refractivity contribution in [3.05, 3.63) is 29.3 Å². The van der Waals surface area contributed by atoms with Gasteiger partial charge in [-0.15, -0.1) is 0 Å². The molecule has 6 nitrogen and oxygen atoms in total. The number of methoxy groups -OCH3 is 1. The zero-order valence-electron chi connectivity index (χ0n) is 12.1. The van der Waals surface area contributed by atoms with Crippen molar-refractivity contribution in [3.8, 4) is 0 Å². The standard InChI is InChI=1S/C14H20N2O4S/c1-9-5-10(7-13(6-9)21(15,18)19)14(17)16-11-3-4-12(8-11)20-2/h5-7,11-12H,3-4,8H2,1-2H3,(H,16,17)(H2,15,18,19). The number of hydrogen-bond acceptors (Lipinski definition) is 4. The van der Waals surface area contributed by atoms with Gasteiger partial charge in [-0.3, -0.25) is 4.79 Å². The van der Waals surface area contributed by atoms with Crippen molar-refractivity contribution in [1.29, 1.82) is 0 Å². The minimum atomic E-state index is -3.82. The van der Waals surface area contributed by atoms with Crippen LogP contribution in [0.5, 0.6) is 0 Å². The number of primary sulfonamides is 1. The number of carbonyl (C=O) groups excluding carboxylic acids is 1. The van der Waals surface area contributed by atoms with Crippen LogP contribution < -0.4 is 10.5 Å². The molecule has 1 aromatic rings. The van der Waals surface area contributed by atoms with Crippen LogP contribution in [-0.2, 0) is 14.8 Å². The maximum Gasteiger partial charge on any atom is 0.251 e. The molecular weight excluding hydrogens is 292 g/mol. The van der Waals surface area contributed by atoms with Crippen LogP contribution in [0.15, 0.2) is 23.1 Å². The van der Waals surface area contributed by atoms with E-state index < -0.39 is 10.0 Å². The molecule has 2 rings (SSSR count). The highest BCUT2D eigenvalue weighted by molar-refractivity contribution is 7.89. The number of rotatable bonds is 4. The number of ether oxygens (including phenoxy) is 1. The number of hydrogen-bond donors (Lipinski definition) is 2. The van der Waals surface area contributed by atoms with Crippen LogP contribution in [0.2, 0.25) is 0 Å². The van der Waals surface area contributed by atoms with E-state index in [9.17, 15) is 13.2 Å². The van der Waals surface area contributed by atoms with Crippen molar-refractivity contribution in [2.24, 2.45) is 5.14 Å². The predicted molar refractivity (Wildman–Crippen MR) is 78.5 cm³/mol. The molecule has 116 valence electrons. The van der Waals surface area contributed by atoms with Crippen LogP contribution in [0.1, 0.15) is 35.2 Å². The first-order valence-electron chi connectivity index (χ1n) is 6.77. The Bertz CT molecular complexity index is 642. The van der Waals surface area contributed by atoms with E-state index in [-0.39, 0.29) is 22.9 Å². The van der Waals surface area contributed by atoms with Gasteiger partial charge < -0.3 is 10.1 Å². The Kier molecular flexibility index (Phi) is 4.65. The molecule has 0 spiro atoms. The van der Waals surface area contributed by atoms with Gasteiger partial charge in [-0.05, 0) is 49.9 Å². The predicted octanol–water partition coefficient (Wildman–Crippen LogP) is 0.940. The van der Waals surface area contributed by atoms with Crippen molar-refractivity contribution >= 4 is 15.9 Å². The molecule has 0 heterocycles. The number of sulfonamides is 1. The summed E-state index contributed by atoms with van der Waals surface area (Å²) in [4.78, 5) is 12.2. The molecule has 2 unspecified atom stereocenters. The molecule has 1 aliphatic carbocycles. The second-order valence-corrected chi connectivity index (χ2v) is 6.98. The maximum absolute atomic E-state index is 12.2. The fraction of sp³-hybridized carbons (Fsp3) is 0.500. The quantitative estimate of drug-likeness (QED) is 0.864. The molecule has 0 aliphatic heterocycles. The second kappa shape index (κ2) is 6.13. The van der Waals surface area contributed by atoms with Gasteiger partial charge in [-0.1, -0.05) is 0 Å². The number of nitrogens with two attached hydrogens (primary N) is 1. The lowest BCUT2D eigenvalue weighted by molar-refractivity contribution is 0.0914. The van der Waals surface area contributed by atoms with Gasteiger partial charge in [0.1, 0.15) is 0 Å². The highest BCUT2D eigenvalue weighted by Gasteiger charge is 2.26. The molecule has 1 fully saturated rings. The summed E-state index contributed by atoms with van der Waals surface area (Å²) in [5.41, 5.74) is 0.979. The van der Waals surface area contributed by atoms with Crippen LogP contribution in [0.4, 0.5) is 0 Å². The van der Waals surface area contributed by atoms with Crippen molar-refractivity contribution in [2.75, 3.05) is 7.11 Å². The highest BCUT2D eigenvalue weighted by atomic mass is 32.2. The topological polar surface area (TPSA) is 98.5 Å². The van der Waals surface area contributed by atoms with E-state index in [1.165, 1.54) is 12.1 Å². The monoisotopic (exact) mass is 312 g/mol. The zero-order valence-corrected chi connectivity index (χ0v) is 12.9. The molecule has 1 aromatic carbocycles. The summed E-state index contributed by atoms with van der Waals surface area (Å²) in [6, 6.07) is 4.46. The zero-order chi connectivity index (χ0) is 15.6. The van der Waals surface area contributed by atoms with Crippen molar-refractivity contribution in [3.63, 3.8) is 0 Å². The smallest absolute Gasteiger partial charge is 0.251 e. The van der Waals surface area contributed by atoms with E-state index in [4.69, 9.17) is 9.88 Å². The van der Waals surface area contributed by atoms with E-state index in [1.807, 2.05) is 0 Å². The number of carbonyl (C=O) groups is 1. The third-order valence-electron chi connectivity index (χ3n) is 3.69. The average molecular weight is 312 g/mol. The Morgan fingerprint density at radius 2 is 2.05 bits per heavy atom. The van der Waals surface area contributed by atoms with Crippen LogP contribution in [0.3, 0.4) is 0 Å². The molecule has 0 aromatic heterocycles. The summed E-state index contributed by atoms with van der Waals surface area (Å²) in [5, 5.41) is 8.03. The molecule has 3 N–H and O–H groups in total. The van der Waals surface area contributed by atoms with Crippen LogP contribution >= 0.6 is 0 Å². The van der Waals surface area contributed by atoms with Gasteiger partial charge in [-0.2, -0.15) is 0 Å². The van der Waals surface area contributed by atoms with Gasteiger partial charge >= 0.3 is 0 Å².